The van der Waals surface area contributed by atoms with Gasteiger partial charge in [0, 0.05) is 24.0 Å². The Balaban J connectivity index is 1.76. The van der Waals surface area contributed by atoms with Gasteiger partial charge in [-0.15, -0.1) is 0 Å². The van der Waals surface area contributed by atoms with Crippen molar-refractivity contribution < 1.29 is 9.53 Å². The first-order valence-corrected chi connectivity index (χ1v) is 9.74. The van der Waals surface area contributed by atoms with Crippen molar-refractivity contribution in [2.45, 2.75) is 45.1 Å². The summed E-state index contributed by atoms with van der Waals surface area (Å²) in [5, 5.41) is 0.624. The van der Waals surface area contributed by atoms with Gasteiger partial charge >= 0.3 is 6.09 Å². The molecule has 0 N–H and O–H groups in total. The Morgan fingerprint density at radius 2 is 1.85 bits per heavy atom. The molecule has 2 rings (SSSR count). The van der Waals surface area contributed by atoms with Crippen LogP contribution >= 0.6 is 11.6 Å². The van der Waals surface area contributed by atoms with Gasteiger partial charge in [-0.3, -0.25) is 4.90 Å². The van der Waals surface area contributed by atoms with Gasteiger partial charge < -0.3 is 9.64 Å². The van der Waals surface area contributed by atoms with E-state index >= 15 is 0 Å². The predicted octanol–water partition coefficient (Wildman–Crippen LogP) is 4.67. The monoisotopic (exact) mass is 376 g/mol. The summed E-state index contributed by atoms with van der Waals surface area (Å²) in [5.41, 5.74) is 0. The summed E-state index contributed by atoms with van der Waals surface area (Å²) in [5.74, 6) is 7.67. The minimum Gasteiger partial charge on any atom is -0.410 e. The van der Waals surface area contributed by atoms with Gasteiger partial charge in [0.25, 0.3) is 0 Å². The van der Waals surface area contributed by atoms with Gasteiger partial charge in [-0.1, -0.05) is 30.4 Å². The minimum absolute atomic E-state index is 0.218. The normalized spacial score (nSPS) is 19.6. The van der Waals surface area contributed by atoms with Crippen molar-refractivity contribution in [2.24, 2.45) is 5.92 Å². The molecular weight excluding hydrogens is 348 g/mol. The topological polar surface area (TPSA) is 32.8 Å². The molecule has 1 amide bonds. The lowest BCUT2D eigenvalue weighted by Gasteiger charge is -2.32. The number of benzene rings is 1. The molecule has 1 aromatic carbocycles. The van der Waals surface area contributed by atoms with Crippen molar-refractivity contribution in [2.75, 3.05) is 27.2 Å². The van der Waals surface area contributed by atoms with E-state index in [0.29, 0.717) is 16.7 Å². The number of hydrogen-bond donors (Lipinski definition) is 0. The highest BCUT2D eigenvalue weighted by molar-refractivity contribution is 6.30. The molecule has 1 aliphatic rings. The van der Waals surface area contributed by atoms with Crippen molar-refractivity contribution in [3.63, 3.8) is 0 Å². The Hall–Kier alpha value is -1.70. The molecule has 0 unspecified atom stereocenters. The van der Waals surface area contributed by atoms with Gasteiger partial charge in [0.1, 0.15) is 5.75 Å². The van der Waals surface area contributed by atoms with E-state index in [1.54, 1.807) is 29.2 Å². The molecule has 0 spiro atoms. The Morgan fingerprint density at radius 1 is 1.19 bits per heavy atom. The number of rotatable bonds is 5. The van der Waals surface area contributed by atoms with E-state index in [0.717, 1.165) is 45.2 Å². The number of amides is 1. The molecule has 26 heavy (non-hydrogen) atoms. The van der Waals surface area contributed by atoms with Crippen LogP contribution in [0.4, 0.5) is 4.79 Å². The van der Waals surface area contributed by atoms with Crippen LogP contribution in [0.2, 0.25) is 5.02 Å². The number of carbonyl (C=O) groups is 1. The standard InChI is InChI=1S/C21H29ClN2O2/c1-4-15-23(2)16-5-6-17-7-11-19(12-8-17)24(3)21(25)26-20-13-9-18(22)10-14-20/h9-10,13-14,17,19H,4,7-8,11-12,15-16H2,1-3H3. The Kier molecular flexibility index (Phi) is 8.28. The van der Waals surface area contributed by atoms with Crippen LogP contribution in [0, 0.1) is 17.8 Å². The smallest absolute Gasteiger partial charge is 0.410 e. The first-order valence-electron chi connectivity index (χ1n) is 9.36. The fraction of sp³-hybridized carbons (Fsp3) is 0.571. The van der Waals surface area contributed by atoms with E-state index in [4.69, 9.17) is 16.3 Å². The number of ether oxygens (including phenoxy) is 1. The van der Waals surface area contributed by atoms with Gasteiger partial charge in [-0.25, -0.2) is 4.79 Å². The fourth-order valence-corrected chi connectivity index (χ4v) is 3.34. The first kappa shape index (κ1) is 20.6. The predicted molar refractivity (Wildman–Crippen MR) is 107 cm³/mol. The highest BCUT2D eigenvalue weighted by Crippen LogP contribution is 2.27. The maximum Gasteiger partial charge on any atom is 0.415 e. The third-order valence-corrected chi connectivity index (χ3v) is 5.06. The average molecular weight is 377 g/mol. The number of carbonyl (C=O) groups excluding carboxylic acids is 1. The average Bonchev–Trinajstić information content (AvgIpc) is 2.64. The van der Waals surface area contributed by atoms with E-state index in [9.17, 15) is 4.79 Å². The SMILES string of the molecule is CCCN(C)CC#CC1CCC(N(C)C(=O)Oc2ccc(Cl)cc2)CC1. The second kappa shape index (κ2) is 10.4. The first-order chi connectivity index (χ1) is 12.5. The van der Waals surface area contributed by atoms with Crippen molar-refractivity contribution in [3.05, 3.63) is 29.3 Å². The van der Waals surface area contributed by atoms with Crippen LogP contribution in [-0.4, -0.2) is 49.1 Å². The third-order valence-electron chi connectivity index (χ3n) is 4.81. The Labute approximate surface area is 162 Å². The van der Waals surface area contributed by atoms with Crippen molar-refractivity contribution in [3.8, 4) is 17.6 Å². The maximum absolute atomic E-state index is 12.3. The van der Waals surface area contributed by atoms with Crippen LogP contribution in [0.25, 0.3) is 0 Å². The Morgan fingerprint density at radius 3 is 2.46 bits per heavy atom. The number of hydrogen-bond acceptors (Lipinski definition) is 3. The van der Waals surface area contributed by atoms with Crippen LogP contribution in [0.15, 0.2) is 24.3 Å². The molecule has 142 valence electrons. The van der Waals surface area contributed by atoms with Crippen LogP contribution in [0.5, 0.6) is 5.75 Å². The summed E-state index contributed by atoms with van der Waals surface area (Å²) in [6, 6.07) is 7.06. The highest BCUT2D eigenvalue weighted by Gasteiger charge is 2.26. The van der Waals surface area contributed by atoms with Crippen molar-refractivity contribution >= 4 is 17.7 Å². The third kappa shape index (κ3) is 6.55. The molecule has 0 aliphatic heterocycles. The van der Waals surface area contributed by atoms with E-state index < -0.39 is 0 Å². The van der Waals surface area contributed by atoms with Gasteiger partial charge in [0.2, 0.25) is 0 Å². The molecular formula is C21H29ClN2O2. The summed E-state index contributed by atoms with van der Waals surface area (Å²) in [6.07, 6.45) is 4.85. The summed E-state index contributed by atoms with van der Waals surface area (Å²) in [7, 11) is 3.92. The quantitative estimate of drug-likeness (QED) is 0.700. The van der Waals surface area contributed by atoms with Crippen molar-refractivity contribution in [1.29, 1.82) is 0 Å². The fourth-order valence-electron chi connectivity index (χ4n) is 3.22. The molecule has 1 saturated carbocycles. The largest absolute Gasteiger partial charge is 0.415 e. The number of nitrogens with zero attached hydrogens (tertiary/aromatic N) is 2. The molecule has 0 bridgehead atoms. The van der Waals surface area contributed by atoms with Crippen molar-refractivity contribution in [1.82, 2.24) is 9.80 Å². The van der Waals surface area contributed by atoms with E-state index in [-0.39, 0.29) is 12.1 Å². The summed E-state index contributed by atoms with van der Waals surface area (Å²) >= 11 is 5.85. The molecule has 5 heteroatoms. The lowest BCUT2D eigenvalue weighted by Crippen LogP contribution is -2.40. The summed E-state index contributed by atoms with van der Waals surface area (Å²) < 4.78 is 5.42. The van der Waals surface area contributed by atoms with E-state index in [2.05, 4.69) is 30.7 Å². The molecule has 4 nitrogen and oxygen atoms in total. The zero-order chi connectivity index (χ0) is 18.9. The van der Waals surface area contributed by atoms with Gasteiger partial charge in [-0.2, -0.15) is 0 Å². The zero-order valence-electron chi connectivity index (χ0n) is 16.0. The van der Waals surface area contributed by atoms with Gasteiger partial charge in [0.15, 0.2) is 0 Å². The van der Waals surface area contributed by atoms with Gasteiger partial charge in [0.05, 0.1) is 6.54 Å². The minimum atomic E-state index is -0.317. The molecule has 0 heterocycles. The molecule has 0 saturated heterocycles. The molecule has 0 aromatic heterocycles. The second-order valence-corrected chi connectivity index (χ2v) is 7.43. The van der Waals surface area contributed by atoms with Crippen LogP contribution in [0.1, 0.15) is 39.0 Å². The summed E-state index contributed by atoms with van der Waals surface area (Å²) in [4.78, 5) is 16.3. The molecule has 0 radical (unpaired) electrons. The van der Waals surface area contributed by atoms with Crippen LogP contribution in [-0.2, 0) is 0 Å². The highest BCUT2D eigenvalue weighted by atomic mass is 35.5. The summed E-state index contributed by atoms with van der Waals surface area (Å²) in [6.45, 7) is 4.10. The zero-order valence-corrected chi connectivity index (χ0v) is 16.8. The second-order valence-electron chi connectivity index (χ2n) is 7.00. The Bertz CT molecular complexity index is 628. The van der Waals surface area contributed by atoms with E-state index in [1.807, 2.05) is 7.05 Å². The lowest BCUT2D eigenvalue weighted by atomic mass is 9.86. The van der Waals surface area contributed by atoms with Gasteiger partial charge in [-0.05, 0) is 70.0 Å². The lowest BCUT2D eigenvalue weighted by molar-refractivity contribution is 0.129. The van der Waals surface area contributed by atoms with E-state index in [1.165, 1.54) is 0 Å². The molecule has 0 atom stereocenters. The molecule has 1 aliphatic carbocycles. The van der Waals surface area contributed by atoms with Crippen LogP contribution in [0.3, 0.4) is 0 Å². The van der Waals surface area contributed by atoms with Crippen LogP contribution < -0.4 is 4.74 Å². The number of halogens is 1. The molecule has 1 aromatic rings. The molecule has 1 fully saturated rings. The maximum atomic E-state index is 12.3.